The maximum absolute atomic E-state index is 6.26. The predicted molar refractivity (Wildman–Crippen MR) is 65.5 cm³/mol. The van der Waals surface area contributed by atoms with Crippen LogP contribution in [0.2, 0.25) is 0 Å². The molecule has 16 heavy (non-hydrogen) atoms. The van der Waals surface area contributed by atoms with E-state index in [1.54, 1.807) is 0 Å². The highest BCUT2D eigenvalue weighted by Crippen LogP contribution is 2.43. The van der Waals surface area contributed by atoms with E-state index in [1.807, 2.05) is 0 Å². The largest absolute Gasteiger partial charge is 0.369 e. The Morgan fingerprint density at radius 1 is 1.00 bits per heavy atom. The van der Waals surface area contributed by atoms with Crippen LogP contribution in [0.5, 0.6) is 0 Å². The van der Waals surface area contributed by atoms with Crippen LogP contribution in [0.3, 0.4) is 0 Å². The molecule has 2 nitrogen and oxygen atoms in total. The van der Waals surface area contributed by atoms with E-state index in [1.165, 1.54) is 6.42 Å². The monoisotopic (exact) mass is 226 g/mol. The van der Waals surface area contributed by atoms with Gasteiger partial charge in [-0.1, -0.05) is 13.8 Å². The van der Waals surface area contributed by atoms with E-state index in [0.717, 1.165) is 19.3 Å². The fraction of sp³-hybridized carbons (Fsp3) is 1.00. The van der Waals surface area contributed by atoms with Crippen molar-refractivity contribution < 1.29 is 9.47 Å². The molecule has 0 aromatic heterocycles. The Morgan fingerprint density at radius 3 is 2.12 bits per heavy atom. The van der Waals surface area contributed by atoms with Crippen LogP contribution in [0.1, 0.15) is 60.3 Å². The maximum atomic E-state index is 6.26. The number of hydrogen-bond acceptors (Lipinski definition) is 2. The third kappa shape index (κ3) is 2.28. The van der Waals surface area contributed by atoms with Gasteiger partial charge in [-0.05, 0) is 52.4 Å². The van der Waals surface area contributed by atoms with Crippen molar-refractivity contribution in [2.75, 3.05) is 0 Å². The lowest BCUT2D eigenvalue weighted by atomic mass is 9.92. The summed E-state index contributed by atoms with van der Waals surface area (Å²) in [6.45, 7) is 11.1. The molecule has 2 heteroatoms. The maximum Gasteiger partial charge on any atom is 0.0920 e. The lowest BCUT2D eigenvalue weighted by Crippen LogP contribution is -2.41. The van der Waals surface area contributed by atoms with Gasteiger partial charge in [0.05, 0.1) is 23.4 Å². The Kier molecular flexibility index (Phi) is 3.09. The number of rotatable bonds is 2. The molecule has 2 heterocycles. The van der Waals surface area contributed by atoms with Crippen molar-refractivity contribution in [1.82, 2.24) is 0 Å². The van der Waals surface area contributed by atoms with E-state index in [-0.39, 0.29) is 11.2 Å². The standard InChI is InChI=1S/C14H26O2/c1-10(2)11-6-9-14(5,15-11)12-7-8-13(3,4)16-12/h10-12H,6-9H2,1-5H3/t11-,12-,14-/m1/s1. The van der Waals surface area contributed by atoms with Crippen LogP contribution < -0.4 is 0 Å². The van der Waals surface area contributed by atoms with Gasteiger partial charge in [0, 0.05) is 0 Å². The second kappa shape index (κ2) is 3.99. The van der Waals surface area contributed by atoms with Crippen LogP contribution in [0.4, 0.5) is 0 Å². The molecule has 0 amide bonds. The van der Waals surface area contributed by atoms with Crippen LogP contribution in [-0.4, -0.2) is 23.4 Å². The zero-order chi connectivity index (χ0) is 12.0. The quantitative estimate of drug-likeness (QED) is 0.717. The molecule has 0 bridgehead atoms. The smallest absolute Gasteiger partial charge is 0.0920 e. The highest BCUT2D eigenvalue weighted by Gasteiger charge is 2.48. The second-order valence-corrected chi connectivity index (χ2v) is 6.66. The molecule has 0 N–H and O–H groups in total. The summed E-state index contributed by atoms with van der Waals surface area (Å²) in [6.07, 6.45) is 5.37. The van der Waals surface area contributed by atoms with Gasteiger partial charge in [0.2, 0.25) is 0 Å². The van der Waals surface area contributed by atoms with Crippen molar-refractivity contribution in [2.24, 2.45) is 5.92 Å². The van der Waals surface area contributed by atoms with Gasteiger partial charge >= 0.3 is 0 Å². The molecule has 2 rings (SSSR count). The van der Waals surface area contributed by atoms with Crippen molar-refractivity contribution in [3.8, 4) is 0 Å². The summed E-state index contributed by atoms with van der Waals surface area (Å²) in [5.41, 5.74) is 0.00958. The van der Waals surface area contributed by atoms with Crippen molar-refractivity contribution in [1.29, 1.82) is 0 Å². The Hall–Kier alpha value is -0.0800. The molecule has 0 aliphatic carbocycles. The van der Waals surface area contributed by atoms with Crippen LogP contribution in [0.25, 0.3) is 0 Å². The summed E-state index contributed by atoms with van der Waals surface area (Å²) < 4.78 is 12.4. The molecule has 2 aliphatic rings. The second-order valence-electron chi connectivity index (χ2n) is 6.66. The Labute approximate surface area is 99.7 Å². The summed E-state index contributed by atoms with van der Waals surface area (Å²) in [5, 5.41) is 0. The van der Waals surface area contributed by atoms with Gasteiger partial charge in [-0.15, -0.1) is 0 Å². The van der Waals surface area contributed by atoms with Crippen molar-refractivity contribution in [3.63, 3.8) is 0 Å². The molecule has 0 aromatic rings. The first-order valence-electron chi connectivity index (χ1n) is 6.68. The van der Waals surface area contributed by atoms with Gasteiger partial charge in [0.25, 0.3) is 0 Å². The first-order chi connectivity index (χ1) is 7.32. The topological polar surface area (TPSA) is 18.5 Å². The van der Waals surface area contributed by atoms with E-state index in [9.17, 15) is 0 Å². The van der Waals surface area contributed by atoms with Crippen molar-refractivity contribution >= 4 is 0 Å². The zero-order valence-electron chi connectivity index (χ0n) is 11.4. The van der Waals surface area contributed by atoms with Gasteiger partial charge in [0.15, 0.2) is 0 Å². The first-order valence-corrected chi connectivity index (χ1v) is 6.68. The molecule has 0 aromatic carbocycles. The van der Waals surface area contributed by atoms with Crippen molar-refractivity contribution in [3.05, 3.63) is 0 Å². The van der Waals surface area contributed by atoms with Crippen LogP contribution in [0, 0.1) is 5.92 Å². The van der Waals surface area contributed by atoms with Gasteiger partial charge in [0.1, 0.15) is 0 Å². The number of ether oxygens (including phenoxy) is 2. The molecular weight excluding hydrogens is 200 g/mol. The van der Waals surface area contributed by atoms with E-state index in [4.69, 9.17) is 9.47 Å². The summed E-state index contributed by atoms with van der Waals surface area (Å²) in [6, 6.07) is 0. The minimum atomic E-state index is -0.0390. The fourth-order valence-electron chi connectivity index (χ4n) is 3.01. The van der Waals surface area contributed by atoms with Crippen LogP contribution in [-0.2, 0) is 9.47 Å². The van der Waals surface area contributed by atoms with Crippen molar-refractivity contribution in [2.45, 2.75) is 83.7 Å². The zero-order valence-corrected chi connectivity index (χ0v) is 11.4. The molecule has 94 valence electrons. The van der Waals surface area contributed by atoms with Gasteiger partial charge in [-0.25, -0.2) is 0 Å². The number of hydrogen-bond donors (Lipinski definition) is 0. The van der Waals surface area contributed by atoms with E-state index >= 15 is 0 Å². The molecule has 0 spiro atoms. The molecule has 2 aliphatic heterocycles. The average molecular weight is 226 g/mol. The molecule has 2 saturated heterocycles. The first kappa shape index (κ1) is 12.4. The third-order valence-electron chi connectivity index (χ3n) is 4.24. The third-order valence-corrected chi connectivity index (χ3v) is 4.24. The lowest BCUT2D eigenvalue weighted by molar-refractivity contribution is -0.147. The van der Waals surface area contributed by atoms with Gasteiger partial charge in [-0.3, -0.25) is 0 Å². The van der Waals surface area contributed by atoms with Gasteiger partial charge in [-0.2, -0.15) is 0 Å². The summed E-state index contributed by atoms with van der Waals surface area (Å²) in [5.74, 6) is 0.622. The Bertz CT molecular complexity index is 259. The summed E-state index contributed by atoms with van der Waals surface area (Å²) in [7, 11) is 0. The van der Waals surface area contributed by atoms with Gasteiger partial charge < -0.3 is 9.47 Å². The Morgan fingerprint density at radius 2 is 1.69 bits per heavy atom. The fourth-order valence-corrected chi connectivity index (χ4v) is 3.01. The van der Waals surface area contributed by atoms with E-state index in [2.05, 4.69) is 34.6 Å². The highest BCUT2D eigenvalue weighted by molar-refractivity contribution is 4.97. The Balaban J connectivity index is 2.00. The average Bonchev–Trinajstić information content (AvgIpc) is 2.70. The molecule has 0 radical (unpaired) electrons. The van der Waals surface area contributed by atoms with E-state index in [0.29, 0.717) is 18.1 Å². The molecule has 2 fully saturated rings. The molecule has 3 atom stereocenters. The normalized spacial score (nSPS) is 43.1. The minimum absolute atomic E-state index is 0.0390. The predicted octanol–water partition coefficient (Wildman–Crippen LogP) is 3.54. The van der Waals surface area contributed by atoms with Crippen LogP contribution >= 0.6 is 0 Å². The molecule has 0 saturated carbocycles. The molecular formula is C14H26O2. The highest BCUT2D eigenvalue weighted by atomic mass is 16.6. The SMILES string of the molecule is CC(C)[C@H]1CC[C@](C)([C@H]2CCC(C)(C)O2)O1. The lowest BCUT2D eigenvalue weighted by Gasteiger charge is -2.33. The molecule has 0 unspecified atom stereocenters. The minimum Gasteiger partial charge on any atom is -0.369 e. The van der Waals surface area contributed by atoms with E-state index < -0.39 is 0 Å². The van der Waals surface area contributed by atoms with Crippen LogP contribution in [0.15, 0.2) is 0 Å². The summed E-state index contributed by atoms with van der Waals surface area (Å²) in [4.78, 5) is 0. The summed E-state index contributed by atoms with van der Waals surface area (Å²) >= 11 is 0.